The molecule has 0 aromatic heterocycles. The molecule has 3 aromatic carbocycles. The number of carbonyl (C=O) groups excluding carboxylic acids is 3. The number of esters is 1. The lowest BCUT2D eigenvalue weighted by Gasteiger charge is -2.36. The van der Waals surface area contributed by atoms with Crippen molar-refractivity contribution in [3.05, 3.63) is 83.4 Å². The third-order valence-corrected chi connectivity index (χ3v) is 9.74. The highest BCUT2D eigenvalue weighted by Crippen LogP contribution is 2.38. The number of carbonyl (C=O) groups is 3. The van der Waals surface area contributed by atoms with E-state index in [-0.39, 0.29) is 23.0 Å². The van der Waals surface area contributed by atoms with Gasteiger partial charge in [-0.1, -0.05) is 24.3 Å². The second kappa shape index (κ2) is 14.1. The Morgan fingerprint density at radius 3 is 2.34 bits per heavy atom. The van der Waals surface area contributed by atoms with Crippen LogP contribution < -0.4 is 15.5 Å². The van der Waals surface area contributed by atoms with Gasteiger partial charge in [-0.05, 0) is 60.0 Å². The summed E-state index contributed by atoms with van der Waals surface area (Å²) in [6, 6.07) is 14.8. The molecule has 1 atom stereocenters. The molecule has 11 nitrogen and oxygen atoms in total. The number of ether oxygens (including phenoxy) is 2. The van der Waals surface area contributed by atoms with Crippen LogP contribution in [0, 0.1) is 0 Å². The van der Waals surface area contributed by atoms with Gasteiger partial charge in [0.1, 0.15) is 0 Å². The first-order chi connectivity index (χ1) is 22.3. The molecule has 0 spiro atoms. The maximum Gasteiger partial charge on any atom is 0.416 e. The van der Waals surface area contributed by atoms with Crippen LogP contribution in [-0.2, 0) is 46.5 Å². The van der Waals surface area contributed by atoms with Gasteiger partial charge < -0.3 is 25.0 Å². The van der Waals surface area contributed by atoms with E-state index in [1.807, 2.05) is 12.1 Å². The van der Waals surface area contributed by atoms with Crippen molar-refractivity contribution in [2.24, 2.45) is 0 Å². The Kier molecular flexibility index (Phi) is 10.2. The van der Waals surface area contributed by atoms with Gasteiger partial charge >= 0.3 is 12.1 Å². The zero-order chi connectivity index (χ0) is 33.8. The summed E-state index contributed by atoms with van der Waals surface area (Å²) in [7, 11) is -4.12. The topological polar surface area (TPSA) is 134 Å². The fourth-order valence-electron chi connectivity index (χ4n) is 5.62. The number of fused-ring (bicyclic) bond motifs is 1. The van der Waals surface area contributed by atoms with Crippen LogP contribution in [0.4, 0.5) is 30.2 Å². The van der Waals surface area contributed by atoms with Gasteiger partial charge in [0.15, 0.2) is 6.61 Å². The fourth-order valence-corrected chi connectivity index (χ4v) is 7.22. The number of hydrogen-bond donors (Lipinski definition) is 2. The van der Waals surface area contributed by atoms with Crippen molar-refractivity contribution in [2.75, 3.05) is 55.0 Å². The predicted molar refractivity (Wildman–Crippen MR) is 166 cm³/mol. The minimum atomic E-state index is -4.65. The number of nitrogens with one attached hydrogen (secondary N) is 2. The van der Waals surface area contributed by atoms with Gasteiger partial charge in [-0.25, -0.2) is 8.42 Å². The Labute approximate surface area is 269 Å². The molecule has 5 rings (SSSR count). The van der Waals surface area contributed by atoms with Crippen molar-refractivity contribution < 1.29 is 45.4 Å². The number of amides is 2. The van der Waals surface area contributed by atoms with Gasteiger partial charge in [0.2, 0.25) is 15.9 Å². The Bertz CT molecular complexity index is 1740. The highest BCUT2D eigenvalue weighted by molar-refractivity contribution is 7.89. The van der Waals surface area contributed by atoms with Gasteiger partial charge in [-0.15, -0.1) is 0 Å². The number of morpholine rings is 1. The van der Waals surface area contributed by atoms with Crippen LogP contribution in [0.5, 0.6) is 0 Å². The second-order valence-corrected chi connectivity index (χ2v) is 12.9. The van der Waals surface area contributed by atoms with E-state index < -0.39 is 52.7 Å². The quantitative estimate of drug-likeness (QED) is 0.320. The second-order valence-electron chi connectivity index (χ2n) is 11.0. The zero-order valence-corrected chi connectivity index (χ0v) is 26.2. The number of halogens is 3. The number of alkyl halides is 3. The van der Waals surface area contributed by atoms with Gasteiger partial charge in [-0.3, -0.25) is 14.4 Å². The van der Waals surface area contributed by atoms with Crippen LogP contribution in [0.15, 0.2) is 71.6 Å². The molecule has 3 aromatic rings. The highest BCUT2D eigenvalue weighted by atomic mass is 32.2. The molecule has 0 aliphatic carbocycles. The van der Waals surface area contributed by atoms with Gasteiger partial charge in [-0.2, -0.15) is 17.5 Å². The van der Waals surface area contributed by atoms with Gasteiger partial charge in [0.05, 0.1) is 47.5 Å². The molecule has 15 heteroatoms. The van der Waals surface area contributed by atoms with Crippen molar-refractivity contribution in [1.29, 1.82) is 0 Å². The predicted octanol–water partition coefficient (Wildman–Crippen LogP) is 4.36. The third kappa shape index (κ3) is 8.10. The normalized spacial score (nSPS) is 17.0. The fraction of sp³-hybridized carbons (Fsp3) is 0.344. The van der Waals surface area contributed by atoms with E-state index in [1.54, 1.807) is 17.0 Å². The lowest BCUT2D eigenvalue weighted by molar-refractivity contribution is -0.148. The van der Waals surface area contributed by atoms with Crippen LogP contribution in [0.1, 0.15) is 36.1 Å². The first kappa shape index (κ1) is 33.9. The summed E-state index contributed by atoms with van der Waals surface area (Å²) < 4.78 is 79.7. The number of nitrogens with zero attached hydrogens (tertiary/aromatic N) is 2. The Balaban J connectivity index is 1.31. The minimum Gasteiger partial charge on any atom is -0.456 e. The van der Waals surface area contributed by atoms with Crippen LogP contribution >= 0.6 is 0 Å². The lowest BCUT2D eigenvalue weighted by Crippen LogP contribution is -2.41. The van der Waals surface area contributed by atoms with Crippen LogP contribution in [-0.4, -0.2) is 70.0 Å². The molecular weight excluding hydrogens is 641 g/mol. The summed E-state index contributed by atoms with van der Waals surface area (Å²) in [5, 5.41) is 5.01. The number of benzene rings is 3. The molecule has 2 aliphatic rings. The summed E-state index contributed by atoms with van der Waals surface area (Å²) in [5.41, 5.74) is 1.20. The summed E-state index contributed by atoms with van der Waals surface area (Å²) in [6.07, 6.45) is -4.67. The molecule has 0 bridgehead atoms. The molecular formula is C32H33F3N4O7S. The smallest absolute Gasteiger partial charge is 0.416 e. The molecule has 2 amide bonds. The van der Waals surface area contributed by atoms with E-state index in [0.717, 1.165) is 17.7 Å². The third-order valence-electron chi connectivity index (χ3n) is 7.82. The number of anilines is 3. The molecule has 1 saturated heterocycles. The maximum absolute atomic E-state index is 13.8. The monoisotopic (exact) mass is 674 g/mol. The molecule has 1 fully saturated rings. The number of rotatable bonds is 9. The molecule has 2 aliphatic heterocycles. The van der Waals surface area contributed by atoms with E-state index in [2.05, 4.69) is 10.6 Å². The van der Waals surface area contributed by atoms with Gasteiger partial charge in [0, 0.05) is 32.2 Å². The molecule has 47 heavy (non-hydrogen) atoms. The number of sulfonamides is 1. The highest BCUT2D eigenvalue weighted by Gasteiger charge is 2.38. The Morgan fingerprint density at radius 1 is 0.957 bits per heavy atom. The van der Waals surface area contributed by atoms with E-state index in [0.29, 0.717) is 49.7 Å². The molecule has 0 saturated carbocycles. The Morgan fingerprint density at radius 2 is 1.66 bits per heavy atom. The van der Waals surface area contributed by atoms with Crippen molar-refractivity contribution in [3.8, 4) is 0 Å². The molecule has 2 heterocycles. The van der Waals surface area contributed by atoms with Gasteiger partial charge in [0.25, 0.3) is 5.91 Å². The number of hydrogen-bond acceptors (Lipinski definition) is 8. The Hall–Kier alpha value is -4.47. The standard InChI is InChI=1S/C32H33F3N4O7S/c1-21(40)36-24-7-9-25(10-8-24)47(43,44)39-13-12-22-4-2-3-5-26(22)29(39)19-31(42)46-20-30(41)37-27-18-23(32(33,34)35)6-11-28(27)38-14-16-45-17-15-38/h2-11,18,29H,12-17,19-20H2,1H3,(H,36,40)(H,37,41)/t29-/m1/s1. The van der Waals surface area contributed by atoms with Crippen molar-refractivity contribution in [3.63, 3.8) is 0 Å². The molecule has 0 unspecified atom stereocenters. The van der Waals surface area contributed by atoms with E-state index in [9.17, 15) is 36.0 Å². The SMILES string of the molecule is CC(=O)Nc1ccc(S(=O)(=O)N2CCc3ccccc3[C@H]2CC(=O)OCC(=O)Nc2cc(C(F)(F)F)ccc2N2CCOCC2)cc1. The minimum absolute atomic E-state index is 0.0408. The molecule has 250 valence electrons. The largest absolute Gasteiger partial charge is 0.456 e. The average Bonchev–Trinajstić information content (AvgIpc) is 3.04. The summed E-state index contributed by atoms with van der Waals surface area (Å²) >= 11 is 0. The van der Waals surface area contributed by atoms with E-state index >= 15 is 0 Å². The molecule has 0 radical (unpaired) electrons. The van der Waals surface area contributed by atoms with E-state index in [1.165, 1.54) is 41.6 Å². The lowest BCUT2D eigenvalue weighted by atomic mass is 9.92. The van der Waals surface area contributed by atoms with Crippen molar-refractivity contribution in [2.45, 2.75) is 36.9 Å². The molecule has 2 N–H and O–H groups in total. The summed E-state index contributed by atoms with van der Waals surface area (Å²) in [4.78, 5) is 39.1. The van der Waals surface area contributed by atoms with E-state index in [4.69, 9.17) is 9.47 Å². The zero-order valence-electron chi connectivity index (χ0n) is 25.4. The van der Waals surface area contributed by atoms with Crippen LogP contribution in [0.3, 0.4) is 0 Å². The van der Waals surface area contributed by atoms with Crippen LogP contribution in [0.25, 0.3) is 0 Å². The average molecular weight is 675 g/mol. The first-order valence-electron chi connectivity index (χ1n) is 14.8. The van der Waals surface area contributed by atoms with Crippen molar-refractivity contribution >= 4 is 44.9 Å². The maximum atomic E-state index is 13.8. The summed E-state index contributed by atoms with van der Waals surface area (Å²) in [6.45, 7) is 2.15. The summed E-state index contributed by atoms with van der Waals surface area (Å²) in [5.74, 6) is -2.05. The first-order valence-corrected chi connectivity index (χ1v) is 16.2. The van der Waals surface area contributed by atoms with Crippen molar-refractivity contribution in [1.82, 2.24) is 4.31 Å². The van der Waals surface area contributed by atoms with Crippen LogP contribution in [0.2, 0.25) is 0 Å².